The van der Waals surface area contributed by atoms with Gasteiger partial charge in [0.25, 0.3) is 0 Å². The van der Waals surface area contributed by atoms with Crippen molar-refractivity contribution >= 4 is 17.5 Å². The highest BCUT2D eigenvalue weighted by Gasteiger charge is 2.13. The molecule has 1 aromatic rings. The summed E-state index contributed by atoms with van der Waals surface area (Å²) in [7, 11) is 1.58. The van der Waals surface area contributed by atoms with E-state index >= 15 is 0 Å². The van der Waals surface area contributed by atoms with Gasteiger partial charge in [-0.25, -0.2) is 0 Å². The van der Waals surface area contributed by atoms with Gasteiger partial charge in [0.2, 0.25) is 11.8 Å². The number of carbonyl (C=O) groups excluding carboxylic acids is 2. The maximum atomic E-state index is 11.8. The third-order valence-electron chi connectivity index (χ3n) is 2.33. The van der Waals surface area contributed by atoms with Crippen LogP contribution in [0.25, 0.3) is 0 Å². The van der Waals surface area contributed by atoms with Crippen LogP contribution in [0.1, 0.15) is 13.3 Å². The molecular formula is C11H19N5O2. The quantitative estimate of drug-likeness (QED) is 0.711. The smallest absolute Gasteiger partial charge is 0.244 e. The fraction of sp³-hybridized carbons (Fsp3) is 0.545. The monoisotopic (exact) mass is 253 g/mol. The number of hydrogen-bond acceptors (Lipinski definition) is 4. The van der Waals surface area contributed by atoms with Crippen LogP contribution in [0.15, 0.2) is 12.4 Å². The molecule has 0 saturated heterocycles. The fourth-order valence-electron chi connectivity index (χ4n) is 1.35. The van der Waals surface area contributed by atoms with Gasteiger partial charge in [0, 0.05) is 19.8 Å². The van der Waals surface area contributed by atoms with Gasteiger partial charge in [0.1, 0.15) is 6.54 Å². The third kappa shape index (κ3) is 4.44. The third-order valence-corrected chi connectivity index (χ3v) is 2.33. The Kier molecular flexibility index (Phi) is 5.16. The standard InChI is InChI=1S/C11H19N5O2/c1-3-4-13-10(17)7-15(2)11(18)8-16-6-9(12)5-14-16/h5-6H,3-4,7-8,12H2,1-2H3,(H,13,17). The van der Waals surface area contributed by atoms with E-state index in [1.807, 2.05) is 6.92 Å². The molecule has 100 valence electrons. The molecule has 1 aromatic heterocycles. The lowest BCUT2D eigenvalue weighted by Crippen LogP contribution is -2.39. The van der Waals surface area contributed by atoms with Crippen LogP contribution in [0, 0.1) is 0 Å². The molecule has 0 fully saturated rings. The lowest BCUT2D eigenvalue weighted by Gasteiger charge is -2.16. The molecule has 0 aliphatic heterocycles. The van der Waals surface area contributed by atoms with E-state index < -0.39 is 0 Å². The van der Waals surface area contributed by atoms with Crippen molar-refractivity contribution in [1.82, 2.24) is 20.0 Å². The molecule has 18 heavy (non-hydrogen) atoms. The molecular weight excluding hydrogens is 234 g/mol. The zero-order valence-electron chi connectivity index (χ0n) is 10.7. The molecule has 0 atom stereocenters. The highest BCUT2D eigenvalue weighted by molar-refractivity contribution is 5.84. The van der Waals surface area contributed by atoms with E-state index in [1.165, 1.54) is 15.8 Å². The van der Waals surface area contributed by atoms with Gasteiger partial charge in [-0.3, -0.25) is 14.3 Å². The van der Waals surface area contributed by atoms with E-state index in [0.29, 0.717) is 12.2 Å². The summed E-state index contributed by atoms with van der Waals surface area (Å²) in [4.78, 5) is 24.6. The summed E-state index contributed by atoms with van der Waals surface area (Å²) in [5.41, 5.74) is 6.00. The molecule has 7 heteroatoms. The van der Waals surface area contributed by atoms with Crippen LogP contribution < -0.4 is 11.1 Å². The van der Waals surface area contributed by atoms with Gasteiger partial charge in [-0.1, -0.05) is 6.92 Å². The van der Waals surface area contributed by atoms with E-state index in [1.54, 1.807) is 13.2 Å². The summed E-state index contributed by atoms with van der Waals surface area (Å²) in [5, 5.41) is 6.62. The van der Waals surface area contributed by atoms with Gasteiger partial charge < -0.3 is 16.0 Å². The van der Waals surface area contributed by atoms with Crippen molar-refractivity contribution in [1.29, 1.82) is 0 Å². The van der Waals surface area contributed by atoms with E-state index in [9.17, 15) is 9.59 Å². The number of likely N-dealkylation sites (N-methyl/N-ethyl adjacent to an activating group) is 1. The lowest BCUT2D eigenvalue weighted by atomic mass is 10.4. The zero-order valence-corrected chi connectivity index (χ0v) is 10.7. The number of nitrogens with one attached hydrogen (secondary N) is 1. The van der Waals surface area contributed by atoms with Crippen molar-refractivity contribution in [2.75, 3.05) is 25.9 Å². The van der Waals surface area contributed by atoms with E-state index in [-0.39, 0.29) is 24.9 Å². The molecule has 0 spiro atoms. The summed E-state index contributed by atoms with van der Waals surface area (Å²) in [6.45, 7) is 2.72. The Morgan fingerprint density at radius 2 is 2.28 bits per heavy atom. The number of hydrogen-bond donors (Lipinski definition) is 2. The maximum absolute atomic E-state index is 11.8. The molecule has 3 N–H and O–H groups in total. The van der Waals surface area contributed by atoms with Crippen LogP contribution in [0.3, 0.4) is 0 Å². The summed E-state index contributed by atoms with van der Waals surface area (Å²) in [6.07, 6.45) is 3.92. The highest BCUT2D eigenvalue weighted by Crippen LogP contribution is 1.98. The first-order chi connectivity index (χ1) is 8.52. The zero-order chi connectivity index (χ0) is 13.5. The van der Waals surface area contributed by atoms with Crippen molar-refractivity contribution < 1.29 is 9.59 Å². The van der Waals surface area contributed by atoms with Crippen molar-refractivity contribution in [2.24, 2.45) is 0 Å². The molecule has 0 aliphatic rings. The Morgan fingerprint density at radius 1 is 1.56 bits per heavy atom. The highest BCUT2D eigenvalue weighted by atomic mass is 16.2. The Morgan fingerprint density at radius 3 is 2.83 bits per heavy atom. The summed E-state index contributed by atoms with van der Waals surface area (Å²) in [5.74, 6) is -0.350. The van der Waals surface area contributed by atoms with Crippen LogP contribution in [-0.2, 0) is 16.1 Å². The van der Waals surface area contributed by atoms with Crippen LogP contribution in [0.2, 0.25) is 0 Å². The SMILES string of the molecule is CCCNC(=O)CN(C)C(=O)Cn1cc(N)cn1. The van der Waals surface area contributed by atoms with Gasteiger partial charge >= 0.3 is 0 Å². The molecule has 0 radical (unpaired) electrons. The Labute approximate surface area is 106 Å². The van der Waals surface area contributed by atoms with Crippen molar-refractivity contribution in [2.45, 2.75) is 19.9 Å². The van der Waals surface area contributed by atoms with Crippen LogP contribution in [0.4, 0.5) is 5.69 Å². The first kappa shape index (κ1) is 14.0. The largest absolute Gasteiger partial charge is 0.396 e. The number of nitrogen functional groups attached to an aromatic ring is 1. The average Bonchev–Trinajstić information content (AvgIpc) is 2.72. The molecule has 1 rings (SSSR count). The number of amides is 2. The predicted octanol–water partition coefficient (Wildman–Crippen LogP) is -0.550. The van der Waals surface area contributed by atoms with Crippen molar-refractivity contribution in [3.05, 3.63) is 12.4 Å². The average molecular weight is 253 g/mol. The minimum absolute atomic E-state index is 0.0512. The molecule has 0 aromatic carbocycles. The van der Waals surface area contributed by atoms with E-state index in [0.717, 1.165) is 6.42 Å². The minimum atomic E-state index is -0.190. The molecule has 7 nitrogen and oxygen atoms in total. The molecule has 2 amide bonds. The number of anilines is 1. The Hall–Kier alpha value is -2.05. The number of rotatable bonds is 6. The van der Waals surface area contributed by atoms with Gasteiger partial charge in [-0.05, 0) is 6.42 Å². The molecule has 0 aliphatic carbocycles. The van der Waals surface area contributed by atoms with E-state index in [4.69, 9.17) is 5.73 Å². The van der Waals surface area contributed by atoms with Crippen molar-refractivity contribution in [3.63, 3.8) is 0 Å². The predicted molar refractivity (Wildman–Crippen MR) is 67.6 cm³/mol. The van der Waals surface area contributed by atoms with Crippen LogP contribution >= 0.6 is 0 Å². The van der Waals surface area contributed by atoms with Crippen LogP contribution in [-0.4, -0.2) is 46.6 Å². The molecule has 0 saturated carbocycles. The van der Waals surface area contributed by atoms with Gasteiger partial charge in [0.15, 0.2) is 0 Å². The number of carbonyl (C=O) groups is 2. The molecule has 0 bridgehead atoms. The van der Waals surface area contributed by atoms with Gasteiger partial charge in [0.05, 0.1) is 18.4 Å². The second-order valence-corrected chi connectivity index (χ2v) is 4.07. The minimum Gasteiger partial charge on any atom is -0.396 e. The first-order valence-electron chi connectivity index (χ1n) is 5.81. The second-order valence-electron chi connectivity index (χ2n) is 4.07. The van der Waals surface area contributed by atoms with Gasteiger partial charge in [-0.2, -0.15) is 5.10 Å². The lowest BCUT2D eigenvalue weighted by molar-refractivity contribution is -0.135. The Bertz CT molecular complexity index is 415. The summed E-state index contributed by atoms with van der Waals surface area (Å²) in [6, 6.07) is 0. The number of aromatic nitrogens is 2. The number of nitrogens with two attached hydrogens (primary N) is 1. The second kappa shape index (κ2) is 6.63. The summed E-state index contributed by atoms with van der Waals surface area (Å²) >= 11 is 0. The fourth-order valence-corrected chi connectivity index (χ4v) is 1.35. The normalized spacial score (nSPS) is 10.1. The Balaban J connectivity index is 2.39. The molecule has 1 heterocycles. The maximum Gasteiger partial charge on any atom is 0.244 e. The first-order valence-corrected chi connectivity index (χ1v) is 5.81. The van der Waals surface area contributed by atoms with E-state index in [2.05, 4.69) is 10.4 Å². The number of nitrogens with zero attached hydrogens (tertiary/aromatic N) is 3. The van der Waals surface area contributed by atoms with Gasteiger partial charge in [-0.15, -0.1) is 0 Å². The van der Waals surface area contributed by atoms with Crippen LogP contribution in [0.5, 0.6) is 0 Å². The molecule has 0 unspecified atom stereocenters. The summed E-state index contributed by atoms with van der Waals surface area (Å²) < 4.78 is 1.44. The topological polar surface area (TPSA) is 93.2 Å². The van der Waals surface area contributed by atoms with Crippen molar-refractivity contribution in [3.8, 4) is 0 Å².